The number of nitrogens with one attached hydrogen (secondary N) is 2. The summed E-state index contributed by atoms with van der Waals surface area (Å²) < 4.78 is 5.17. The fourth-order valence-corrected chi connectivity index (χ4v) is 3.68. The van der Waals surface area contributed by atoms with Gasteiger partial charge in [0.1, 0.15) is 0 Å². The quantitative estimate of drug-likeness (QED) is 0.754. The average Bonchev–Trinajstić information content (AvgIpc) is 2.68. The Kier molecular flexibility index (Phi) is 5.96. The highest BCUT2D eigenvalue weighted by molar-refractivity contribution is 8.01. The van der Waals surface area contributed by atoms with Crippen molar-refractivity contribution in [2.75, 3.05) is 10.6 Å². The summed E-state index contributed by atoms with van der Waals surface area (Å²) in [6, 6.07) is 15.7. The van der Waals surface area contributed by atoms with Crippen LogP contribution < -0.4 is 10.6 Å². The number of esters is 1. The molecular weight excluding hydrogens is 378 g/mol. The van der Waals surface area contributed by atoms with E-state index in [4.69, 9.17) is 10.00 Å². The molecule has 1 heterocycles. The Balaban J connectivity index is 1.55. The summed E-state index contributed by atoms with van der Waals surface area (Å²) in [4.78, 5) is 37.5. The molecule has 2 aromatic rings. The minimum atomic E-state index is -1.04. The first kappa shape index (κ1) is 19.5. The molecule has 1 aliphatic rings. The van der Waals surface area contributed by atoms with Gasteiger partial charge in [-0.05, 0) is 37.3 Å². The zero-order chi connectivity index (χ0) is 20.1. The molecule has 2 aromatic carbocycles. The van der Waals surface area contributed by atoms with Crippen LogP contribution in [0, 0.1) is 11.3 Å². The van der Waals surface area contributed by atoms with Gasteiger partial charge in [-0.15, -0.1) is 11.8 Å². The average molecular weight is 395 g/mol. The molecule has 3 rings (SSSR count). The minimum Gasteiger partial charge on any atom is -0.452 e. The first-order chi connectivity index (χ1) is 13.5. The maximum atomic E-state index is 12.2. The predicted octanol–water partition coefficient (Wildman–Crippen LogP) is 2.93. The lowest BCUT2D eigenvalue weighted by Gasteiger charge is -2.23. The number of hydrogen-bond donors (Lipinski definition) is 2. The van der Waals surface area contributed by atoms with Gasteiger partial charge in [-0.3, -0.25) is 14.4 Å². The van der Waals surface area contributed by atoms with Crippen molar-refractivity contribution >= 4 is 40.9 Å². The highest BCUT2D eigenvalue weighted by atomic mass is 32.2. The molecule has 7 nitrogen and oxygen atoms in total. The van der Waals surface area contributed by atoms with E-state index in [1.807, 2.05) is 24.3 Å². The molecule has 0 fully saturated rings. The van der Waals surface area contributed by atoms with Crippen molar-refractivity contribution < 1.29 is 19.1 Å². The zero-order valence-electron chi connectivity index (χ0n) is 15.0. The Morgan fingerprint density at radius 1 is 1.29 bits per heavy atom. The van der Waals surface area contributed by atoms with E-state index in [0.29, 0.717) is 11.3 Å². The van der Waals surface area contributed by atoms with Crippen molar-refractivity contribution in [3.8, 4) is 6.07 Å². The monoisotopic (exact) mass is 395 g/mol. The Morgan fingerprint density at radius 3 is 2.86 bits per heavy atom. The van der Waals surface area contributed by atoms with Crippen molar-refractivity contribution in [3.63, 3.8) is 0 Å². The van der Waals surface area contributed by atoms with Crippen LogP contribution in [0.25, 0.3) is 0 Å². The van der Waals surface area contributed by atoms with Gasteiger partial charge in [0.15, 0.2) is 6.10 Å². The summed E-state index contributed by atoms with van der Waals surface area (Å²) in [5.74, 6) is -1.43. The van der Waals surface area contributed by atoms with Crippen LogP contribution in [-0.2, 0) is 19.1 Å². The van der Waals surface area contributed by atoms with Gasteiger partial charge in [0, 0.05) is 10.6 Å². The number of carbonyl (C=O) groups is 3. The van der Waals surface area contributed by atoms with E-state index >= 15 is 0 Å². The predicted molar refractivity (Wildman–Crippen MR) is 105 cm³/mol. The topological polar surface area (TPSA) is 108 Å². The third-order valence-corrected chi connectivity index (χ3v) is 5.27. The second-order valence-electron chi connectivity index (χ2n) is 6.11. The summed E-state index contributed by atoms with van der Waals surface area (Å²) in [5, 5.41) is 13.6. The van der Waals surface area contributed by atoms with Gasteiger partial charge < -0.3 is 15.4 Å². The van der Waals surface area contributed by atoms with Crippen LogP contribution in [0.3, 0.4) is 0 Å². The number of hydrogen-bond acceptors (Lipinski definition) is 6. The molecule has 0 spiro atoms. The third kappa shape index (κ3) is 4.69. The molecular formula is C20H17N3O4S. The Hall–Kier alpha value is -3.31. The molecule has 0 unspecified atom stereocenters. The van der Waals surface area contributed by atoms with Crippen molar-refractivity contribution in [1.82, 2.24) is 0 Å². The maximum absolute atomic E-state index is 12.2. The smallest absolute Gasteiger partial charge is 0.308 e. The van der Waals surface area contributed by atoms with Crippen LogP contribution in [0.15, 0.2) is 53.4 Å². The van der Waals surface area contributed by atoms with Crippen LogP contribution in [0.4, 0.5) is 11.4 Å². The maximum Gasteiger partial charge on any atom is 0.308 e. The SMILES string of the molecule is C[C@@H](OC(=O)C[C@H]1Sc2ccccc2NC1=O)C(=O)Nc1cccc(C#N)c1. The van der Waals surface area contributed by atoms with Gasteiger partial charge in [0.2, 0.25) is 5.91 Å². The molecule has 0 saturated carbocycles. The van der Waals surface area contributed by atoms with Crippen LogP contribution in [0.2, 0.25) is 0 Å². The number of fused-ring (bicyclic) bond motifs is 1. The standard InChI is InChI=1S/C20H17N3O4S/c1-12(19(25)22-14-6-4-5-13(9-14)11-21)27-18(24)10-17-20(26)23-15-7-2-3-8-16(15)28-17/h2-9,12,17H,10H2,1H3,(H,22,25)(H,23,26)/t12-,17-/m1/s1. The summed E-state index contributed by atoms with van der Waals surface area (Å²) in [7, 11) is 0. The molecule has 28 heavy (non-hydrogen) atoms. The number of rotatable bonds is 5. The molecule has 1 aliphatic heterocycles. The van der Waals surface area contributed by atoms with Crippen molar-refractivity contribution in [1.29, 1.82) is 5.26 Å². The highest BCUT2D eigenvalue weighted by Crippen LogP contribution is 2.36. The molecule has 0 aromatic heterocycles. The third-order valence-electron chi connectivity index (χ3n) is 4.00. The number of benzene rings is 2. The van der Waals surface area contributed by atoms with E-state index < -0.39 is 23.2 Å². The van der Waals surface area contributed by atoms with Crippen molar-refractivity contribution in [2.45, 2.75) is 29.6 Å². The molecule has 0 saturated heterocycles. The Morgan fingerprint density at radius 2 is 2.07 bits per heavy atom. The highest BCUT2D eigenvalue weighted by Gasteiger charge is 2.30. The number of thioether (sulfide) groups is 1. The van der Waals surface area contributed by atoms with E-state index in [0.717, 1.165) is 10.6 Å². The van der Waals surface area contributed by atoms with Gasteiger partial charge in [0.05, 0.1) is 29.0 Å². The second kappa shape index (κ2) is 8.59. The first-order valence-corrected chi connectivity index (χ1v) is 9.41. The number of para-hydroxylation sites is 1. The summed E-state index contributed by atoms with van der Waals surface area (Å²) in [6.07, 6.45) is -1.19. The van der Waals surface area contributed by atoms with Gasteiger partial charge in [0.25, 0.3) is 5.91 Å². The minimum absolute atomic E-state index is 0.146. The zero-order valence-corrected chi connectivity index (χ0v) is 15.8. The van der Waals surface area contributed by atoms with E-state index in [2.05, 4.69) is 10.6 Å². The molecule has 142 valence electrons. The van der Waals surface area contributed by atoms with Gasteiger partial charge in [-0.1, -0.05) is 18.2 Å². The summed E-state index contributed by atoms with van der Waals surface area (Å²) in [6.45, 7) is 1.45. The molecule has 2 N–H and O–H groups in total. The first-order valence-electron chi connectivity index (χ1n) is 8.53. The van der Waals surface area contributed by atoms with Crippen LogP contribution >= 0.6 is 11.8 Å². The Bertz CT molecular complexity index is 970. The fraction of sp³-hybridized carbons (Fsp3) is 0.200. The van der Waals surface area contributed by atoms with E-state index in [9.17, 15) is 14.4 Å². The van der Waals surface area contributed by atoms with E-state index in [1.54, 1.807) is 24.3 Å². The van der Waals surface area contributed by atoms with E-state index in [1.165, 1.54) is 24.8 Å². The normalized spacial score (nSPS) is 16.1. The number of nitrogens with zero attached hydrogens (tertiary/aromatic N) is 1. The lowest BCUT2D eigenvalue weighted by molar-refractivity contribution is -0.153. The van der Waals surface area contributed by atoms with E-state index in [-0.39, 0.29) is 12.3 Å². The van der Waals surface area contributed by atoms with Gasteiger partial charge in [-0.2, -0.15) is 5.26 Å². The number of ether oxygens (including phenoxy) is 1. The number of anilines is 2. The molecule has 0 bridgehead atoms. The largest absolute Gasteiger partial charge is 0.452 e. The van der Waals surface area contributed by atoms with Crippen LogP contribution in [0.5, 0.6) is 0 Å². The fourth-order valence-electron chi connectivity index (χ4n) is 2.59. The lowest BCUT2D eigenvalue weighted by Crippen LogP contribution is -2.34. The van der Waals surface area contributed by atoms with Gasteiger partial charge >= 0.3 is 5.97 Å². The molecule has 0 radical (unpaired) electrons. The molecule has 8 heteroatoms. The Labute approximate surface area is 166 Å². The van der Waals surface area contributed by atoms with Crippen molar-refractivity contribution in [2.24, 2.45) is 0 Å². The molecule has 2 amide bonds. The summed E-state index contributed by atoms with van der Waals surface area (Å²) >= 11 is 1.29. The number of nitriles is 1. The lowest BCUT2D eigenvalue weighted by atomic mass is 10.2. The van der Waals surface area contributed by atoms with Crippen molar-refractivity contribution in [3.05, 3.63) is 54.1 Å². The molecule has 0 aliphatic carbocycles. The van der Waals surface area contributed by atoms with Gasteiger partial charge in [-0.25, -0.2) is 0 Å². The number of amides is 2. The summed E-state index contributed by atoms with van der Waals surface area (Å²) in [5.41, 5.74) is 1.56. The molecule has 2 atom stereocenters. The number of carbonyl (C=O) groups excluding carboxylic acids is 3. The second-order valence-corrected chi connectivity index (χ2v) is 7.35. The van der Waals surface area contributed by atoms with Crippen LogP contribution in [0.1, 0.15) is 18.9 Å². The van der Waals surface area contributed by atoms with Crippen LogP contribution in [-0.4, -0.2) is 29.1 Å².